The summed E-state index contributed by atoms with van der Waals surface area (Å²) in [5, 5.41) is 11.9. The van der Waals surface area contributed by atoms with Crippen molar-refractivity contribution in [3.05, 3.63) is 10.4 Å². The monoisotopic (exact) mass is 218 g/mol. The first-order valence-corrected chi connectivity index (χ1v) is 5.25. The maximum absolute atomic E-state index is 10.5. The van der Waals surface area contributed by atoms with Gasteiger partial charge in [0, 0.05) is 5.38 Å². The molecule has 0 bridgehead atoms. The van der Waals surface area contributed by atoms with Gasteiger partial charge in [0.25, 0.3) is 5.24 Å². The second-order valence-electron chi connectivity index (χ2n) is 2.97. The van der Waals surface area contributed by atoms with E-state index in [9.17, 15) is 9.90 Å². The molecule has 0 spiro atoms. The molecule has 0 saturated heterocycles. The molecule has 3 N–H and O–H groups in total. The van der Waals surface area contributed by atoms with Crippen molar-refractivity contribution in [2.45, 2.75) is 24.5 Å². The van der Waals surface area contributed by atoms with Crippen LogP contribution in [-0.2, 0) is 5.60 Å². The third-order valence-corrected chi connectivity index (χ3v) is 3.14. The lowest BCUT2D eigenvalue weighted by atomic mass is 10.2. The number of nitrogens with zero attached hydrogens (tertiary/aromatic N) is 1. The maximum Gasteiger partial charge on any atom is 0.282 e. The molecule has 0 aliphatic carbocycles. The van der Waals surface area contributed by atoms with Crippen LogP contribution in [0.25, 0.3) is 0 Å². The van der Waals surface area contributed by atoms with Crippen LogP contribution >= 0.6 is 23.1 Å². The minimum Gasteiger partial charge on any atom is -0.383 e. The number of hydrogen-bond acceptors (Lipinski definition) is 5. The number of amides is 1. The van der Waals surface area contributed by atoms with Gasteiger partial charge in [-0.3, -0.25) is 4.79 Å². The third-order valence-electron chi connectivity index (χ3n) is 1.21. The highest BCUT2D eigenvalue weighted by Crippen LogP contribution is 2.27. The van der Waals surface area contributed by atoms with Gasteiger partial charge in [0.05, 0.1) is 0 Å². The van der Waals surface area contributed by atoms with Crippen molar-refractivity contribution in [3.8, 4) is 0 Å². The largest absolute Gasteiger partial charge is 0.383 e. The zero-order chi connectivity index (χ0) is 10.1. The second-order valence-corrected chi connectivity index (χ2v) is 4.85. The van der Waals surface area contributed by atoms with Gasteiger partial charge in [-0.15, -0.1) is 11.3 Å². The lowest BCUT2D eigenvalue weighted by Crippen LogP contribution is -2.14. The fourth-order valence-corrected chi connectivity index (χ4v) is 2.13. The summed E-state index contributed by atoms with van der Waals surface area (Å²) in [5.41, 5.74) is 4.01. The molecular weight excluding hydrogens is 208 g/mol. The van der Waals surface area contributed by atoms with Gasteiger partial charge in [-0.1, -0.05) is 0 Å². The normalized spacial score (nSPS) is 11.6. The van der Waals surface area contributed by atoms with Gasteiger partial charge in [-0.2, -0.15) is 0 Å². The average molecular weight is 218 g/mol. The number of nitrogens with two attached hydrogens (primary N) is 1. The Balaban J connectivity index is 2.81. The number of aliphatic hydroxyl groups is 1. The van der Waals surface area contributed by atoms with E-state index in [2.05, 4.69) is 4.98 Å². The summed E-state index contributed by atoms with van der Waals surface area (Å²) in [6.45, 7) is 3.29. The van der Waals surface area contributed by atoms with Crippen LogP contribution in [0.1, 0.15) is 18.9 Å². The van der Waals surface area contributed by atoms with Crippen LogP contribution in [-0.4, -0.2) is 15.3 Å². The zero-order valence-electron chi connectivity index (χ0n) is 7.27. The van der Waals surface area contributed by atoms with E-state index in [0.717, 1.165) is 11.8 Å². The number of thioether (sulfide) groups is 1. The molecule has 0 unspecified atom stereocenters. The van der Waals surface area contributed by atoms with E-state index < -0.39 is 10.8 Å². The third kappa shape index (κ3) is 2.98. The Labute approximate surface area is 84.2 Å². The van der Waals surface area contributed by atoms with Crippen LogP contribution in [0.4, 0.5) is 4.79 Å². The smallest absolute Gasteiger partial charge is 0.282 e. The van der Waals surface area contributed by atoms with E-state index in [1.54, 1.807) is 19.2 Å². The molecule has 1 rings (SSSR count). The molecule has 0 aliphatic heterocycles. The van der Waals surface area contributed by atoms with Gasteiger partial charge in [0.15, 0.2) is 0 Å². The van der Waals surface area contributed by atoms with E-state index in [1.165, 1.54) is 11.3 Å². The molecule has 1 aromatic heterocycles. The molecule has 1 heterocycles. The molecule has 4 nitrogen and oxygen atoms in total. The number of carbonyl (C=O) groups is 1. The Hall–Kier alpha value is -0.590. The highest BCUT2D eigenvalue weighted by Gasteiger charge is 2.20. The lowest BCUT2D eigenvalue weighted by Gasteiger charge is -2.12. The van der Waals surface area contributed by atoms with Crippen molar-refractivity contribution in [1.82, 2.24) is 4.98 Å². The zero-order valence-corrected chi connectivity index (χ0v) is 8.91. The highest BCUT2D eigenvalue weighted by atomic mass is 32.2. The Morgan fingerprint density at radius 2 is 2.38 bits per heavy atom. The molecule has 1 aromatic rings. The van der Waals surface area contributed by atoms with Gasteiger partial charge in [-0.25, -0.2) is 4.98 Å². The molecule has 0 aliphatic rings. The Morgan fingerprint density at radius 1 is 1.77 bits per heavy atom. The Bertz CT molecular complexity index is 317. The van der Waals surface area contributed by atoms with Crippen molar-refractivity contribution in [1.29, 1.82) is 0 Å². The number of carbonyl (C=O) groups excluding carboxylic acids is 1. The van der Waals surface area contributed by atoms with Crippen molar-refractivity contribution >= 4 is 28.3 Å². The van der Waals surface area contributed by atoms with Crippen LogP contribution < -0.4 is 5.73 Å². The van der Waals surface area contributed by atoms with Gasteiger partial charge >= 0.3 is 0 Å². The van der Waals surface area contributed by atoms with Crippen molar-refractivity contribution < 1.29 is 9.90 Å². The molecule has 0 radical (unpaired) electrons. The van der Waals surface area contributed by atoms with Crippen molar-refractivity contribution in [3.63, 3.8) is 0 Å². The van der Waals surface area contributed by atoms with E-state index in [1.807, 2.05) is 0 Å². The SMILES string of the molecule is CC(C)(O)c1nc(SC(N)=O)cs1. The van der Waals surface area contributed by atoms with Crippen LogP contribution in [0.15, 0.2) is 10.4 Å². The molecule has 1 amide bonds. The standard InChI is InChI=1S/C7H10N2O2S2/c1-7(2,11)5-9-4(3-12-5)13-6(8)10/h3,11H,1-2H3,(H2,8,10). The number of aromatic nitrogens is 1. The van der Waals surface area contributed by atoms with Gasteiger partial charge in [0.2, 0.25) is 0 Å². The fraction of sp³-hybridized carbons (Fsp3) is 0.429. The first kappa shape index (κ1) is 10.5. The lowest BCUT2D eigenvalue weighted by molar-refractivity contribution is 0.0778. The molecular formula is C7H10N2O2S2. The van der Waals surface area contributed by atoms with Crippen molar-refractivity contribution in [2.24, 2.45) is 5.73 Å². The molecule has 0 saturated carbocycles. The number of hydrogen-bond donors (Lipinski definition) is 2. The second kappa shape index (κ2) is 3.65. The minimum atomic E-state index is -0.957. The van der Waals surface area contributed by atoms with Crippen LogP contribution in [0.5, 0.6) is 0 Å². The van der Waals surface area contributed by atoms with Crippen molar-refractivity contribution in [2.75, 3.05) is 0 Å². The highest BCUT2D eigenvalue weighted by molar-refractivity contribution is 8.13. The minimum absolute atomic E-state index is 0.493. The summed E-state index contributed by atoms with van der Waals surface area (Å²) in [6.07, 6.45) is 0. The van der Waals surface area contributed by atoms with E-state index in [0.29, 0.717) is 10.0 Å². The summed E-state index contributed by atoms with van der Waals surface area (Å²) < 4.78 is 0. The van der Waals surface area contributed by atoms with Gasteiger partial charge < -0.3 is 10.8 Å². The first-order chi connectivity index (χ1) is 5.89. The van der Waals surface area contributed by atoms with E-state index >= 15 is 0 Å². The summed E-state index contributed by atoms with van der Waals surface area (Å²) in [7, 11) is 0. The quantitative estimate of drug-likeness (QED) is 0.738. The molecule has 0 atom stereocenters. The number of rotatable bonds is 2. The topological polar surface area (TPSA) is 76.2 Å². The number of primary amides is 1. The summed E-state index contributed by atoms with van der Waals surface area (Å²) in [4.78, 5) is 14.6. The van der Waals surface area contributed by atoms with Crippen LogP contribution in [0, 0.1) is 0 Å². The molecule has 6 heteroatoms. The number of thiazole rings is 1. The van der Waals surface area contributed by atoms with Gasteiger partial charge in [0.1, 0.15) is 15.6 Å². The predicted molar refractivity (Wildman–Crippen MR) is 52.8 cm³/mol. The fourth-order valence-electron chi connectivity index (χ4n) is 0.690. The Kier molecular flexibility index (Phi) is 2.94. The summed E-state index contributed by atoms with van der Waals surface area (Å²) in [5.74, 6) is 0. The van der Waals surface area contributed by atoms with Crippen LogP contribution in [0.3, 0.4) is 0 Å². The van der Waals surface area contributed by atoms with E-state index in [4.69, 9.17) is 5.73 Å². The van der Waals surface area contributed by atoms with Gasteiger partial charge in [-0.05, 0) is 25.6 Å². The maximum atomic E-state index is 10.5. The molecule has 72 valence electrons. The molecule has 0 fully saturated rings. The van der Waals surface area contributed by atoms with Crippen LogP contribution in [0.2, 0.25) is 0 Å². The summed E-state index contributed by atoms with van der Waals surface area (Å²) in [6, 6.07) is 0. The first-order valence-electron chi connectivity index (χ1n) is 3.55. The average Bonchev–Trinajstić information content (AvgIpc) is 2.32. The Morgan fingerprint density at radius 3 is 2.77 bits per heavy atom. The van der Waals surface area contributed by atoms with E-state index in [-0.39, 0.29) is 0 Å². The molecule has 0 aromatic carbocycles. The molecule has 13 heavy (non-hydrogen) atoms. The summed E-state index contributed by atoms with van der Waals surface area (Å²) >= 11 is 2.17. The predicted octanol–water partition coefficient (Wildman–Crippen LogP) is 1.54.